The Morgan fingerprint density at radius 1 is 1.03 bits per heavy atom. The molecule has 170 valence electrons. The van der Waals surface area contributed by atoms with E-state index >= 15 is 0 Å². The average Bonchev–Trinajstić information content (AvgIpc) is 2.76. The van der Waals surface area contributed by atoms with E-state index in [0.29, 0.717) is 37.4 Å². The molecule has 0 N–H and O–H groups in total. The minimum atomic E-state index is -3.56. The average molecular weight is 458 g/mol. The smallest absolute Gasteiger partial charge is 0.331 e. The summed E-state index contributed by atoms with van der Waals surface area (Å²) in [5.74, 6) is -0.898. The molecule has 0 atom stereocenters. The van der Waals surface area contributed by atoms with Crippen molar-refractivity contribution in [1.29, 1.82) is 0 Å². The first-order chi connectivity index (χ1) is 15.2. The van der Waals surface area contributed by atoms with Crippen molar-refractivity contribution in [1.82, 2.24) is 4.31 Å². The van der Waals surface area contributed by atoms with Gasteiger partial charge in [-0.05, 0) is 55.7 Å². The lowest BCUT2D eigenvalue weighted by Crippen LogP contribution is -2.40. The topological polar surface area (TPSA) is 90.0 Å². The first kappa shape index (κ1) is 23.8. The SMILES string of the molecule is Cc1cc(C)c(C(=O)COC(=O)/C=C/c2ccc(S(=O)(=O)N3CCOCC3)cc2)c(C)c1. The van der Waals surface area contributed by atoms with Gasteiger partial charge in [-0.25, -0.2) is 13.2 Å². The summed E-state index contributed by atoms with van der Waals surface area (Å²) in [7, 11) is -3.56. The van der Waals surface area contributed by atoms with E-state index in [0.717, 1.165) is 16.7 Å². The second-order valence-corrected chi connectivity index (χ2v) is 9.66. The molecule has 1 aliphatic heterocycles. The lowest BCUT2D eigenvalue weighted by molar-refractivity contribution is -0.136. The van der Waals surface area contributed by atoms with Crippen LogP contribution in [0.3, 0.4) is 0 Å². The van der Waals surface area contributed by atoms with E-state index in [2.05, 4.69) is 0 Å². The number of rotatable bonds is 7. The van der Waals surface area contributed by atoms with Crippen molar-refractivity contribution in [2.24, 2.45) is 0 Å². The zero-order valence-corrected chi connectivity index (χ0v) is 19.3. The summed E-state index contributed by atoms with van der Waals surface area (Å²) >= 11 is 0. The molecule has 0 amide bonds. The molecule has 1 saturated heterocycles. The zero-order valence-electron chi connectivity index (χ0n) is 18.5. The molecule has 1 heterocycles. The number of esters is 1. The number of hydrogen-bond donors (Lipinski definition) is 0. The number of morpholine rings is 1. The molecule has 2 aromatic rings. The van der Waals surface area contributed by atoms with Crippen LogP contribution in [0.25, 0.3) is 6.08 Å². The van der Waals surface area contributed by atoms with E-state index in [1.165, 1.54) is 28.6 Å². The van der Waals surface area contributed by atoms with Crippen molar-refractivity contribution < 1.29 is 27.5 Å². The largest absolute Gasteiger partial charge is 0.454 e. The van der Waals surface area contributed by atoms with E-state index < -0.39 is 16.0 Å². The highest BCUT2D eigenvalue weighted by molar-refractivity contribution is 7.89. The number of ether oxygens (including phenoxy) is 2. The molecule has 0 spiro atoms. The molecule has 1 aliphatic rings. The Balaban J connectivity index is 1.58. The maximum absolute atomic E-state index is 12.6. The highest BCUT2D eigenvalue weighted by atomic mass is 32.2. The Morgan fingerprint density at radius 3 is 2.22 bits per heavy atom. The summed E-state index contributed by atoms with van der Waals surface area (Å²) in [6, 6.07) is 10.1. The predicted molar refractivity (Wildman–Crippen MR) is 121 cm³/mol. The maximum Gasteiger partial charge on any atom is 0.331 e. The summed E-state index contributed by atoms with van der Waals surface area (Å²) in [4.78, 5) is 24.7. The molecule has 0 aromatic heterocycles. The van der Waals surface area contributed by atoms with Gasteiger partial charge in [0.1, 0.15) is 0 Å². The lowest BCUT2D eigenvalue weighted by atomic mass is 9.97. The van der Waals surface area contributed by atoms with Crippen LogP contribution in [0.2, 0.25) is 0 Å². The molecular weight excluding hydrogens is 430 g/mol. The van der Waals surface area contributed by atoms with Gasteiger partial charge in [-0.2, -0.15) is 4.31 Å². The van der Waals surface area contributed by atoms with Gasteiger partial charge in [0.2, 0.25) is 15.8 Å². The van der Waals surface area contributed by atoms with Crippen LogP contribution in [-0.2, 0) is 24.3 Å². The van der Waals surface area contributed by atoms with Crippen molar-refractivity contribution >= 4 is 27.9 Å². The first-order valence-electron chi connectivity index (χ1n) is 10.3. The van der Waals surface area contributed by atoms with Crippen LogP contribution in [0.4, 0.5) is 0 Å². The molecule has 7 nitrogen and oxygen atoms in total. The summed E-state index contributed by atoms with van der Waals surface area (Å²) < 4.78 is 37.0. The van der Waals surface area contributed by atoms with Gasteiger partial charge in [0.25, 0.3) is 0 Å². The van der Waals surface area contributed by atoms with E-state index in [1.54, 1.807) is 12.1 Å². The quantitative estimate of drug-likeness (QED) is 0.361. The monoisotopic (exact) mass is 457 g/mol. The van der Waals surface area contributed by atoms with Gasteiger partial charge < -0.3 is 9.47 Å². The van der Waals surface area contributed by atoms with Crippen LogP contribution >= 0.6 is 0 Å². The molecule has 0 bridgehead atoms. The van der Waals surface area contributed by atoms with Crippen LogP contribution in [0.15, 0.2) is 47.4 Å². The van der Waals surface area contributed by atoms with Gasteiger partial charge in [-0.1, -0.05) is 29.8 Å². The number of benzene rings is 2. The molecule has 1 fully saturated rings. The molecular formula is C24H27NO6S. The predicted octanol–water partition coefficient (Wildman–Crippen LogP) is 3.07. The number of carbonyl (C=O) groups excluding carboxylic acids is 2. The summed E-state index contributed by atoms with van der Waals surface area (Å²) in [5.41, 5.74) is 3.99. The number of carbonyl (C=O) groups is 2. The Labute approximate surface area is 188 Å². The molecule has 0 radical (unpaired) electrons. The van der Waals surface area contributed by atoms with E-state index in [-0.39, 0.29) is 17.3 Å². The van der Waals surface area contributed by atoms with Gasteiger partial charge >= 0.3 is 5.97 Å². The normalized spacial score (nSPS) is 15.1. The Hall–Kier alpha value is -2.81. The maximum atomic E-state index is 12.6. The molecule has 0 unspecified atom stereocenters. The Bertz CT molecular complexity index is 1110. The minimum Gasteiger partial charge on any atom is -0.454 e. The van der Waals surface area contributed by atoms with Crippen LogP contribution in [-0.4, -0.2) is 57.4 Å². The van der Waals surface area contributed by atoms with Gasteiger partial charge in [0.15, 0.2) is 6.61 Å². The second kappa shape index (κ2) is 10.2. The highest BCUT2D eigenvalue weighted by Gasteiger charge is 2.26. The standard InChI is InChI=1S/C24H27NO6S/c1-17-14-18(2)24(19(3)15-17)22(26)16-31-23(27)9-6-20-4-7-21(8-5-20)32(28,29)25-10-12-30-13-11-25/h4-9,14-15H,10-13,16H2,1-3H3/b9-6+. The summed E-state index contributed by atoms with van der Waals surface area (Å²) in [6.07, 6.45) is 2.73. The molecule has 2 aromatic carbocycles. The van der Waals surface area contributed by atoms with Gasteiger partial charge in [0, 0.05) is 24.7 Å². The summed E-state index contributed by atoms with van der Waals surface area (Å²) in [5, 5.41) is 0. The van der Waals surface area contributed by atoms with E-state index in [9.17, 15) is 18.0 Å². The van der Waals surface area contributed by atoms with Crippen molar-refractivity contribution in [3.8, 4) is 0 Å². The van der Waals surface area contributed by atoms with Crippen LogP contribution in [0.1, 0.15) is 32.6 Å². The van der Waals surface area contributed by atoms with Gasteiger partial charge in [-0.3, -0.25) is 4.79 Å². The Morgan fingerprint density at radius 2 is 1.62 bits per heavy atom. The van der Waals surface area contributed by atoms with Gasteiger partial charge in [-0.15, -0.1) is 0 Å². The van der Waals surface area contributed by atoms with Crippen LogP contribution < -0.4 is 0 Å². The van der Waals surface area contributed by atoms with Crippen molar-refractivity contribution in [2.75, 3.05) is 32.9 Å². The minimum absolute atomic E-state index is 0.188. The summed E-state index contributed by atoms with van der Waals surface area (Å²) in [6.45, 7) is 6.76. The van der Waals surface area contributed by atoms with E-state index in [1.807, 2.05) is 32.9 Å². The number of nitrogens with zero attached hydrogens (tertiary/aromatic N) is 1. The zero-order chi connectivity index (χ0) is 23.3. The fraction of sp³-hybridized carbons (Fsp3) is 0.333. The van der Waals surface area contributed by atoms with E-state index in [4.69, 9.17) is 9.47 Å². The molecule has 3 rings (SSSR count). The number of aryl methyl sites for hydroxylation is 3. The molecule has 0 saturated carbocycles. The number of sulfonamides is 1. The van der Waals surface area contributed by atoms with Crippen LogP contribution in [0.5, 0.6) is 0 Å². The third-order valence-corrected chi connectivity index (χ3v) is 7.11. The fourth-order valence-corrected chi connectivity index (χ4v) is 5.14. The van der Waals surface area contributed by atoms with Crippen molar-refractivity contribution in [2.45, 2.75) is 25.7 Å². The van der Waals surface area contributed by atoms with Crippen molar-refractivity contribution in [3.63, 3.8) is 0 Å². The number of hydrogen-bond acceptors (Lipinski definition) is 6. The van der Waals surface area contributed by atoms with Crippen LogP contribution in [0, 0.1) is 20.8 Å². The third-order valence-electron chi connectivity index (χ3n) is 5.20. The number of Topliss-reactive ketones (excluding diaryl/α,β-unsaturated/α-hetero) is 1. The highest BCUT2D eigenvalue weighted by Crippen LogP contribution is 2.19. The van der Waals surface area contributed by atoms with Gasteiger partial charge in [0.05, 0.1) is 18.1 Å². The fourth-order valence-electron chi connectivity index (χ4n) is 3.73. The third kappa shape index (κ3) is 5.70. The molecule has 32 heavy (non-hydrogen) atoms. The molecule has 0 aliphatic carbocycles. The second-order valence-electron chi connectivity index (χ2n) is 7.72. The lowest BCUT2D eigenvalue weighted by Gasteiger charge is -2.26. The van der Waals surface area contributed by atoms with Crippen molar-refractivity contribution in [3.05, 3.63) is 70.3 Å². The Kier molecular flexibility index (Phi) is 7.60. The molecule has 8 heteroatoms. The first-order valence-corrected chi connectivity index (χ1v) is 11.8. The number of ketones is 1.